The van der Waals surface area contributed by atoms with E-state index in [1.54, 1.807) is 24.5 Å². The number of hydrogen-bond donors (Lipinski definition) is 2. The van der Waals surface area contributed by atoms with Crippen LogP contribution in [0, 0.1) is 0 Å². The van der Waals surface area contributed by atoms with E-state index in [-0.39, 0.29) is 24.3 Å². The van der Waals surface area contributed by atoms with Crippen LogP contribution in [0.4, 0.5) is 0 Å². The number of aromatic nitrogens is 2. The van der Waals surface area contributed by atoms with Gasteiger partial charge in [0.15, 0.2) is 5.76 Å². The van der Waals surface area contributed by atoms with Gasteiger partial charge < -0.3 is 19.5 Å². The Morgan fingerprint density at radius 2 is 2.12 bits per heavy atom. The van der Waals surface area contributed by atoms with E-state index in [2.05, 4.69) is 31.2 Å². The molecule has 24 heavy (non-hydrogen) atoms. The van der Waals surface area contributed by atoms with E-state index in [1.807, 2.05) is 31.2 Å². The van der Waals surface area contributed by atoms with Crippen LogP contribution in [0.1, 0.15) is 35.1 Å². The number of nitrogens with one attached hydrogen (secondary N) is 2. The van der Waals surface area contributed by atoms with Crippen LogP contribution in [0.3, 0.4) is 0 Å². The number of furan rings is 1. The van der Waals surface area contributed by atoms with Crippen molar-refractivity contribution in [2.75, 3.05) is 0 Å². The Kier molecular flexibility index (Phi) is 5.00. The number of ether oxygens (including phenoxy) is 1. The highest BCUT2D eigenvalue weighted by molar-refractivity contribution is 9.10. The van der Waals surface area contributed by atoms with Crippen molar-refractivity contribution in [3.8, 4) is 5.75 Å². The van der Waals surface area contributed by atoms with E-state index in [1.165, 1.54) is 0 Å². The van der Waals surface area contributed by atoms with Crippen molar-refractivity contribution in [2.45, 2.75) is 19.6 Å². The molecule has 0 radical (unpaired) electrons. The summed E-state index contributed by atoms with van der Waals surface area (Å²) in [5.74, 6) is 1.94. The molecule has 0 aliphatic rings. The standard InChI is InChI=1S/C17H16BrN3O3/c1-11(16-19-8-9-20-16)21-17(22)15-7-6-14(24-15)10-23-13-4-2-12(18)3-5-13/h2-9,11H,10H2,1H3,(H,19,20)(H,21,22). The van der Waals surface area contributed by atoms with E-state index in [0.29, 0.717) is 11.6 Å². The lowest BCUT2D eigenvalue weighted by Gasteiger charge is -2.09. The molecular weight excluding hydrogens is 374 g/mol. The third-order valence-electron chi connectivity index (χ3n) is 3.36. The van der Waals surface area contributed by atoms with Crippen LogP contribution < -0.4 is 10.1 Å². The number of imidazole rings is 1. The van der Waals surface area contributed by atoms with Crippen LogP contribution in [-0.4, -0.2) is 15.9 Å². The lowest BCUT2D eigenvalue weighted by molar-refractivity contribution is 0.0906. The van der Waals surface area contributed by atoms with Crippen molar-refractivity contribution in [2.24, 2.45) is 0 Å². The second-order valence-electron chi connectivity index (χ2n) is 5.18. The topological polar surface area (TPSA) is 80.2 Å². The molecule has 7 heteroatoms. The van der Waals surface area contributed by atoms with Crippen molar-refractivity contribution in [3.63, 3.8) is 0 Å². The highest BCUT2D eigenvalue weighted by Crippen LogP contribution is 2.18. The van der Waals surface area contributed by atoms with E-state index in [0.717, 1.165) is 10.2 Å². The molecule has 0 spiro atoms. The summed E-state index contributed by atoms with van der Waals surface area (Å²) in [7, 11) is 0. The number of rotatable bonds is 6. The summed E-state index contributed by atoms with van der Waals surface area (Å²) in [5, 5.41) is 2.82. The first kappa shape index (κ1) is 16.3. The summed E-state index contributed by atoms with van der Waals surface area (Å²) in [6, 6.07) is 10.6. The maximum absolute atomic E-state index is 12.2. The molecule has 2 N–H and O–H groups in total. The van der Waals surface area contributed by atoms with Gasteiger partial charge in [0.1, 0.15) is 23.9 Å². The number of amides is 1. The summed E-state index contributed by atoms with van der Waals surface area (Å²) in [6.45, 7) is 2.10. The second kappa shape index (κ2) is 7.35. The number of hydrogen-bond acceptors (Lipinski definition) is 4. The van der Waals surface area contributed by atoms with Crippen molar-refractivity contribution >= 4 is 21.8 Å². The molecule has 1 unspecified atom stereocenters. The zero-order valence-corrected chi connectivity index (χ0v) is 14.5. The number of H-pyrrole nitrogens is 1. The molecule has 0 fully saturated rings. The lowest BCUT2D eigenvalue weighted by Crippen LogP contribution is -2.26. The molecule has 0 saturated heterocycles. The molecule has 3 aromatic rings. The largest absolute Gasteiger partial charge is 0.486 e. The van der Waals surface area contributed by atoms with Crippen LogP contribution in [0.5, 0.6) is 5.75 Å². The molecule has 0 saturated carbocycles. The van der Waals surface area contributed by atoms with Gasteiger partial charge in [-0.25, -0.2) is 4.98 Å². The van der Waals surface area contributed by atoms with Gasteiger partial charge in [-0.05, 0) is 43.3 Å². The Morgan fingerprint density at radius 1 is 1.33 bits per heavy atom. The smallest absolute Gasteiger partial charge is 0.287 e. The molecule has 1 aromatic carbocycles. The van der Waals surface area contributed by atoms with Crippen molar-refractivity contribution < 1.29 is 13.9 Å². The van der Waals surface area contributed by atoms with Crippen LogP contribution >= 0.6 is 15.9 Å². The van der Waals surface area contributed by atoms with Crippen LogP contribution in [-0.2, 0) is 6.61 Å². The number of nitrogens with zero attached hydrogens (tertiary/aromatic N) is 1. The maximum atomic E-state index is 12.2. The minimum Gasteiger partial charge on any atom is -0.486 e. The summed E-state index contributed by atoms with van der Waals surface area (Å²) >= 11 is 3.37. The first-order chi connectivity index (χ1) is 11.6. The quantitative estimate of drug-likeness (QED) is 0.670. The Bertz CT molecular complexity index is 797. The van der Waals surface area contributed by atoms with Gasteiger partial charge in [-0.3, -0.25) is 4.79 Å². The molecular formula is C17H16BrN3O3. The lowest BCUT2D eigenvalue weighted by atomic mass is 10.3. The zero-order valence-electron chi connectivity index (χ0n) is 13.0. The SMILES string of the molecule is CC(NC(=O)c1ccc(COc2ccc(Br)cc2)o1)c1ncc[nH]1. The van der Waals surface area contributed by atoms with E-state index in [4.69, 9.17) is 9.15 Å². The summed E-state index contributed by atoms with van der Waals surface area (Å²) < 4.78 is 12.1. The average Bonchev–Trinajstić information content (AvgIpc) is 3.26. The average molecular weight is 390 g/mol. The minimum atomic E-state index is -0.297. The summed E-state index contributed by atoms with van der Waals surface area (Å²) in [4.78, 5) is 19.3. The Hall–Kier alpha value is -2.54. The molecule has 1 atom stereocenters. The van der Waals surface area contributed by atoms with Crippen LogP contribution in [0.15, 0.2) is 57.7 Å². The molecule has 3 rings (SSSR count). The Balaban J connectivity index is 1.56. The van der Waals surface area contributed by atoms with Crippen molar-refractivity contribution in [3.05, 3.63) is 70.6 Å². The van der Waals surface area contributed by atoms with Gasteiger partial charge >= 0.3 is 0 Å². The number of carbonyl (C=O) groups excluding carboxylic acids is 1. The highest BCUT2D eigenvalue weighted by atomic mass is 79.9. The predicted octanol–water partition coefficient (Wildman–Crippen LogP) is 3.84. The zero-order chi connectivity index (χ0) is 16.9. The second-order valence-corrected chi connectivity index (χ2v) is 6.09. The molecule has 0 aliphatic carbocycles. The van der Waals surface area contributed by atoms with Gasteiger partial charge in [0.25, 0.3) is 5.91 Å². The molecule has 0 bridgehead atoms. The van der Waals surface area contributed by atoms with Crippen LogP contribution in [0.25, 0.3) is 0 Å². The van der Waals surface area contributed by atoms with Gasteiger partial charge in [0, 0.05) is 16.9 Å². The van der Waals surface area contributed by atoms with Gasteiger partial charge in [-0.1, -0.05) is 15.9 Å². The normalized spacial score (nSPS) is 11.9. The predicted molar refractivity (Wildman–Crippen MR) is 91.7 cm³/mol. The first-order valence-corrected chi connectivity index (χ1v) is 8.18. The Morgan fingerprint density at radius 3 is 2.83 bits per heavy atom. The first-order valence-electron chi connectivity index (χ1n) is 7.39. The third kappa shape index (κ3) is 4.05. The molecule has 124 valence electrons. The molecule has 2 aromatic heterocycles. The van der Waals surface area contributed by atoms with E-state index >= 15 is 0 Å². The maximum Gasteiger partial charge on any atom is 0.287 e. The minimum absolute atomic E-state index is 0.236. The molecule has 0 aliphatic heterocycles. The summed E-state index contributed by atoms with van der Waals surface area (Å²) in [5.41, 5.74) is 0. The Labute approximate surface area is 147 Å². The van der Waals surface area contributed by atoms with Crippen LogP contribution in [0.2, 0.25) is 0 Å². The number of carbonyl (C=O) groups is 1. The fourth-order valence-electron chi connectivity index (χ4n) is 2.11. The van der Waals surface area contributed by atoms with E-state index < -0.39 is 0 Å². The number of benzene rings is 1. The molecule has 2 heterocycles. The number of halogens is 1. The fourth-order valence-corrected chi connectivity index (χ4v) is 2.38. The summed E-state index contributed by atoms with van der Waals surface area (Å²) in [6.07, 6.45) is 3.35. The monoisotopic (exact) mass is 389 g/mol. The fraction of sp³-hybridized carbons (Fsp3) is 0.176. The van der Waals surface area contributed by atoms with E-state index in [9.17, 15) is 4.79 Å². The van der Waals surface area contributed by atoms with Crippen molar-refractivity contribution in [1.82, 2.24) is 15.3 Å². The van der Waals surface area contributed by atoms with Gasteiger partial charge in [0.05, 0.1) is 6.04 Å². The van der Waals surface area contributed by atoms with Gasteiger partial charge in [-0.2, -0.15) is 0 Å². The molecule has 1 amide bonds. The van der Waals surface area contributed by atoms with Crippen molar-refractivity contribution in [1.29, 1.82) is 0 Å². The third-order valence-corrected chi connectivity index (χ3v) is 3.89. The molecule has 6 nitrogen and oxygen atoms in total. The highest BCUT2D eigenvalue weighted by Gasteiger charge is 2.16. The number of aromatic amines is 1. The van der Waals surface area contributed by atoms with Gasteiger partial charge in [-0.15, -0.1) is 0 Å². The van der Waals surface area contributed by atoms with Gasteiger partial charge in [0.2, 0.25) is 0 Å².